The lowest BCUT2D eigenvalue weighted by molar-refractivity contribution is -0.146. The number of piperidine rings is 1. The average Bonchev–Trinajstić information content (AvgIpc) is 2.62. The summed E-state index contributed by atoms with van der Waals surface area (Å²) in [5, 5.41) is 0. The maximum absolute atomic E-state index is 12.8. The largest absolute Gasteiger partial charge is 0.377 e. The zero-order valence-electron chi connectivity index (χ0n) is 13.4. The molecule has 2 saturated heterocycles. The third-order valence-electron chi connectivity index (χ3n) is 5.14. The van der Waals surface area contributed by atoms with Crippen molar-refractivity contribution in [3.63, 3.8) is 0 Å². The first-order valence-electron chi connectivity index (χ1n) is 8.60. The zero-order valence-corrected chi connectivity index (χ0v) is 13.4. The van der Waals surface area contributed by atoms with E-state index in [1.807, 2.05) is 12.4 Å². The van der Waals surface area contributed by atoms with E-state index in [9.17, 15) is 4.79 Å². The van der Waals surface area contributed by atoms with Crippen LogP contribution in [0.3, 0.4) is 0 Å². The maximum atomic E-state index is 12.8. The van der Waals surface area contributed by atoms with E-state index >= 15 is 0 Å². The van der Waals surface area contributed by atoms with Crippen LogP contribution in [-0.2, 0) is 9.53 Å². The normalized spacial score (nSPS) is 26.9. The molecule has 120 valence electrons. The molecule has 0 unspecified atom stereocenters. The molecule has 0 saturated carbocycles. The van der Waals surface area contributed by atoms with Gasteiger partial charge in [-0.05, 0) is 55.7 Å². The molecule has 1 amide bonds. The number of pyridine rings is 1. The minimum absolute atomic E-state index is 0.0798. The number of amides is 1. The Bertz CT molecular complexity index is 483. The second kappa shape index (κ2) is 7.23. The van der Waals surface area contributed by atoms with Gasteiger partial charge in [-0.25, -0.2) is 0 Å². The van der Waals surface area contributed by atoms with Gasteiger partial charge in [-0.3, -0.25) is 9.78 Å². The van der Waals surface area contributed by atoms with Gasteiger partial charge >= 0.3 is 0 Å². The molecular formula is C18H26N2O2. The maximum Gasteiger partial charge on any atom is 0.228 e. The van der Waals surface area contributed by atoms with Crippen LogP contribution in [0.2, 0.25) is 0 Å². The van der Waals surface area contributed by atoms with E-state index in [-0.39, 0.29) is 12.0 Å². The Labute approximate surface area is 132 Å². The van der Waals surface area contributed by atoms with E-state index in [2.05, 4.69) is 28.9 Å². The Hall–Kier alpha value is -1.42. The number of likely N-dealkylation sites (tertiary alicyclic amines) is 1. The van der Waals surface area contributed by atoms with E-state index in [4.69, 9.17) is 4.74 Å². The van der Waals surface area contributed by atoms with Gasteiger partial charge in [0.25, 0.3) is 0 Å². The lowest BCUT2D eigenvalue weighted by atomic mass is 9.87. The average molecular weight is 302 g/mol. The number of carbonyl (C=O) groups is 1. The van der Waals surface area contributed by atoms with Gasteiger partial charge in [0.05, 0.1) is 12.0 Å². The van der Waals surface area contributed by atoms with Crippen molar-refractivity contribution in [3.8, 4) is 0 Å². The van der Waals surface area contributed by atoms with Gasteiger partial charge in [0.1, 0.15) is 0 Å². The van der Waals surface area contributed by atoms with E-state index in [1.165, 1.54) is 5.56 Å². The predicted octanol–water partition coefficient (Wildman–Crippen LogP) is 2.99. The summed E-state index contributed by atoms with van der Waals surface area (Å²) >= 11 is 0. The van der Waals surface area contributed by atoms with Crippen LogP contribution in [0.15, 0.2) is 24.5 Å². The van der Waals surface area contributed by atoms with Gasteiger partial charge < -0.3 is 9.64 Å². The molecule has 0 aromatic carbocycles. The molecule has 2 aliphatic rings. The third kappa shape index (κ3) is 3.32. The summed E-state index contributed by atoms with van der Waals surface area (Å²) in [7, 11) is 0. The second-order valence-corrected chi connectivity index (χ2v) is 6.45. The third-order valence-corrected chi connectivity index (χ3v) is 5.14. The van der Waals surface area contributed by atoms with Crippen molar-refractivity contribution in [2.24, 2.45) is 5.92 Å². The number of nitrogens with zero attached hydrogens (tertiary/aromatic N) is 2. The molecule has 2 aliphatic heterocycles. The molecule has 1 aromatic heterocycles. The molecule has 4 heteroatoms. The van der Waals surface area contributed by atoms with Crippen molar-refractivity contribution >= 4 is 5.91 Å². The first-order chi connectivity index (χ1) is 10.8. The molecular weight excluding hydrogens is 276 g/mol. The standard InChI is InChI=1S/C18H26N2O2/c1-2-17-16(4-3-13-22-17)18(21)20-11-7-15(8-12-20)14-5-9-19-10-6-14/h5-6,9-10,15-17H,2-4,7-8,11-13H2,1H3/t16-,17+/m0/s1. The lowest BCUT2D eigenvalue weighted by Gasteiger charge is -2.38. The number of rotatable bonds is 3. The summed E-state index contributed by atoms with van der Waals surface area (Å²) in [5.41, 5.74) is 1.36. The van der Waals surface area contributed by atoms with Crippen LogP contribution in [0.1, 0.15) is 50.5 Å². The Morgan fingerprint density at radius 3 is 2.68 bits per heavy atom. The molecule has 0 aliphatic carbocycles. The van der Waals surface area contributed by atoms with Crippen molar-refractivity contribution in [2.75, 3.05) is 19.7 Å². The highest BCUT2D eigenvalue weighted by atomic mass is 16.5. The quantitative estimate of drug-likeness (QED) is 0.862. The monoisotopic (exact) mass is 302 g/mol. The van der Waals surface area contributed by atoms with Gasteiger partial charge in [0.15, 0.2) is 0 Å². The molecule has 3 rings (SSSR count). The SMILES string of the molecule is CC[C@H]1OCCC[C@@H]1C(=O)N1CCC(c2ccncc2)CC1. The summed E-state index contributed by atoms with van der Waals surface area (Å²) in [6, 6.07) is 4.20. The lowest BCUT2D eigenvalue weighted by Crippen LogP contribution is -2.46. The fourth-order valence-electron chi connectivity index (χ4n) is 3.83. The fourth-order valence-corrected chi connectivity index (χ4v) is 3.83. The summed E-state index contributed by atoms with van der Waals surface area (Å²) in [5.74, 6) is 0.965. The number of ether oxygens (including phenoxy) is 1. The molecule has 3 heterocycles. The Morgan fingerprint density at radius 2 is 2.00 bits per heavy atom. The molecule has 1 aromatic rings. The Balaban J connectivity index is 1.57. The van der Waals surface area contributed by atoms with Crippen molar-refractivity contribution < 1.29 is 9.53 Å². The minimum Gasteiger partial charge on any atom is -0.377 e. The molecule has 0 radical (unpaired) electrons. The van der Waals surface area contributed by atoms with Crippen LogP contribution < -0.4 is 0 Å². The highest BCUT2D eigenvalue weighted by molar-refractivity contribution is 5.79. The van der Waals surface area contributed by atoms with Crippen LogP contribution in [0.25, 0.3) is 0 Å². The molecule has 0 spiro atoms. The zero-order chi connectivity index (χ0) is 15.4. The summed E-state index contributed by atoms with van der Waals surface area (Å²) in [4.78, 5) is 19.0. The summed E-state index contributed by atoms with van der Waals surface area (Å²) in [6.45, 7) is 4.68. The highest BCUT2D eigenvalue weighted by Crippen LogP contribution is 2.30. The molecule has 22 heavy (non-hydrogen) atoms. The predicted molar refractivity (Wildman–Crippen MR) is 85.5 cm³/mol. The van der Waals surface area contributed by atoms with Crippen molar-refractivity contribution in [3.05, 3.63) is 30.1 Å². The van der Waals surface area contributed by atoms with E-state index in [0.29, 0.717) is 11.8 Å². The highest BCUT2D eigenvalue weighted by Gasteiger charge is 2.35. The van der Waals surface area contributed by atoms with Gasteiger partial charge in [-0.1, -0.05) is 6.92 Å². The summed E-state index contributed by atoms with van der Waals surface area (Å²) < 4.78 is 5.79. The van der Waals surface area contributed by atoms with Crippen molar-refractivity contribution in [1.82, 2.24) is 9.88 Å². The molecule has 0 bridgehead atoms. The van der Waals surface area contributed by atoms with E-state index in [0.717, 1.165) is 51.8 Å². The first kappa shape index (κ1) is 15.5. The Kier molecular flexibility index (Phi) is 5.08. The van der Waals surface area contributed by atoms with E-state index < -0.39 is 0 Å². The van der Waals surface area contributed by atoms with Crippen LogP contribution >= 0.6 is 0 Å². The van der Waals surface area contributed by atoms with Gasteiger partial charge in [0, 0.05) is 32.1 Å². The number of hydrogen-bond acceptors (Lipinski definition) is 3. The minimum atomic E-state index is 0.0798. The topological polar surface area (TPSA) is 42.4 Å². The Morgan fingerprint density at radius 1 is 1.27 bits per heavy atom. The van der Waals surface area contributed by atoms with Crippen molar-refractivity contribution in [1.29, 1.82) is 0 Å². The fraction of sp³-hybridized carbons (Fsp3) is 0.667. The second-order valence-electron chi connectivity index (χ2n) is 6.45. The number of carbonyl (C=O) groups excluding carboxylic acids is 1. The van der Waals surface area contributed by atoms with Crippen LogP contribution in [0.5, 0.6) is 0 Å². The van der Waals surface area contributed by atoms with E-state index in [1.54, 1.807) is 0 Å². The van der Waals surface area contributed by atoms with Crippen LogP contribution in [0, 0.1) is 5.92 Å². The van der Waals surface area contributed by atoms with Crippen LogP contribution in [-0.4, -0.2) is 41.6 Å². The number of hydrogen-bond donors (Lipinski definition) is 0. The van der Waals surface area contributed by atoms with Gasteiger partial charge in [-0.2, -0.15) is 0 Å². The smallest absolute Gasteiger partial charge is 0.228 e. The van der Waals surface area contributed by atoms with Gasteiger partial charge in [0.2, 0.25) is 5.91 Å². The molecule has 2 fully saturated rings. The first-order valence-corrected chi connectivity index (χ1v) is 8.60. The summed E-state index contributed by atoms with van der Waals surface area (Å²) in [6.07, 6.45) is 8.89. The molecule has 2 atom stereocenters. The number of aromatic nitrogens is 1. The van der Waals surface area contributed by atoms with Gasteiger partial charge in [-0.15, -0.1) is 0 Å². The van der Waals surface area contributed by atoms with Crippen molar-refractivity contribution in [2.45, 2.75) is 51.0 Å². The molecule has 0 N–H and O–H groups in total. The molecule has 4 nitrogen and oxygen atoms in total. The van der Waals surface area contributed by atoms with Crippen LogP contribution in [0.4, 0.5) is 0 Å².